The molecule has 3 rings (SSSR count). The van der Waals surface area contributed by atoms with Gasteiger partial charge in [0.1, 0.15) is 12.1 Å². The first-order chi connectivity index (χ1) is 10.3. The first kappa shape index (κ1) is 13.4. The molecule has 0 fully saturated rings. The van der Waals surface area contributed by atoms with Crippen LogP contribution in [0.4, 0.5) is 17.2 Å². The number of nitrogens with zero attached hydrogens (tertiary/aromatic N) is 2. The maximum Gasteiger partial charge on any atom is 0.141 e. The number of para-hydroxylation sites is 1. The first-order valence-electron chi connectivity index (χ1n) is 7.13. The second-order valence-electron chi connectivity index (χ2n) is 5.03. The molecule has 0 saturated carbocycles. The summed E-state index contributed by atoms with van der Waals surface area (Å²) >= 11 is 0. The molecule has 0 amide bonds. The van der Waals surface area contributed by atoms with Gasteiger partial charge in [0, 0.05) is 16.8 Å². The van der Waals surface area contributed by atoms with E-state index in [1.54, 1.807) is 6.33 Å². The summed E-state index contributed by atoms with van der Waals surface area (Å²) in [6.07, 6.45) is 3.71. The van der Waals surface area contributed by atoms with E-state index in [1.165, 1.54) is 5.56 Å². The second kappa shape index (κ2) is 5.79. The van der Waals surface area contributed by atoms with E-state index >= 15 is 0 Å². The summed E-state index contributed by atoms with van der Waals surface area (Å²) in [4.78, 5) is 8.64. The molecule has 0 unspecified atom stereocenters. The molecule has 0 spiro atoms. The standard InChI is InChI=1S/C17H18N4/c1-2-5-12-6-3-4-7-15(12)21-17-14-9-8-13(18)10-16(14)19-11-20-17/h3-4,6-11H,2,5,18H2,1H3,(H,19,20,21). The van der Waals surface area contributed by atoms with Gasteiger partial charge in [-0.3, -0.25) is 0 Å². The van der Waals surface area contributed by atoms with Gasteiger partial charge in [0.2, 0.25) is 0 Å². The zero-order valence-electron chi connectivity index (χ0n) is 12.0. The predicted octanol–water partition coefficient (Wildman–Crippen LogP) is 3.91. The number of benzene rings is 2. The minimum absolute atomic E-state index is 0.707. The Balaban J connectivity index is 2.02. The van der Waals surface area contributed by atoms with Crippen LogP contribution in [0, 0.1) is 0 Å². The van der Waals surface area contributed by atoms with E-state index in [2.05, 4.69) is 40.4 Å². The van der Waals surface area contributed by atoms with E-state index in [0.717, 1.165) is 35.2 Å². The molecule has 4 nitrogen and oxygen atoms in total. The molecule has 0 bridgehead atoms. The number of aromatic nitrogens is 2. The van der Waals surface area contributed by atoms with Crippen molar-refractivity contribution in [3.05, 3.63) is 54.4 Å². The van der Waals surface area contributed by atoms with Gasteiger partial charge in [-0.2, -0.15) is 0 Å². The predicted molar refractivity (Wildman–Crippen MR) is 87.7 cm³/mol. The third-order valence-electron chi connectivity index (χ3n) is 3.45. The van der Waals surface area contributed by atoms with Crippen molar-refractivity contribution >= 4 is 28.1 Å². The van der Waals surface area contributed by atoms with E-state index in [0.29, 0.717) is 5.69 Å². The van der Waals surface area contributed by atoms with Crippen LogP contribution in [-0.4, -0.2) is 9.97 Å². The molecule has 0 atom stereocenters. The topological polar surface area (TPSA) is 63.8 Å². The van der Waals surface area contributed by atoms with Gasteiger partial charge in [-0.05, 0) is 36.2 Å². The molecule has 0 aliphatic rings. The van der Waals surface area contributed by atoms with Crippen molar-refractivity contribution in [2.45, 2.75) is 19.8 Å². The van der Waals surface area contributed by atoms with Crippen LogP contribution in [0.2, 0.25) is 0 Å². The van der Waals surface area contributed by atoms with Gasteiger partial charge in [-0.1, -0.05) is 31.5 Å². The van der Waals surface area contributed by atoms with Crippen molar-refractivity contribution in [1.82, 2.24) is 9.97 Å². The number of aryl methyl sites for hydroxylation is 1. The Morgan fingerprint density at radius 2 is 1.95 bits per heavy atom. The minimum Gasteiger partial charge on any atom is -0.399 e. The lowest BCUT2D eigenvalue weighted by atomic mass is 10.1. The Bertz CT molecular complexity index is 768. The van der Waals surface area contributed by atoms with E-state index in [9.17, 15) is 0 Å². The highest BCUT2D eigenvalue weighted by atomic mass is 15.0. The maximum absolute atomic E-state index is 5.81. The molecule has 3 N–H and O–H groups in total. The van der Waals surface area contributed by atoms with Gasteiger partial charge in [0.25, 0.3) is 0 Å². The fraction of sp³-hybridized carbons (Fsp3) is 0.176. The second-order valence-corrected chi connectivity index (χ2v) is 5.03. The number of nitrogens with one attached hydrogen (secondary N) is 1. The Morgan fingerprint density at radius 3 is 2.81 bits per heavy atom. The quantitative estimate of drug-likeness (QED) is 0.710. The van der Waals surface area contributed by atoms with Crippen molar-refractivity contribution in [2.75, 3.05) is 11.1 Å². The zero-order chi connectivity index (χ0) is 14.7. The molecule has 4 heteroatoms. The normalized spacial score (nSPS) is 10.7. The van der Waals surface area contributed by atoms with Crippen LogP contribution in [0.1, 0.15) is 18.9 Å². The molecule has 1 aromatic heterocycles. The number of rotatable bonds is 4. The van der Waals surface area contributed by atoms with E-state index in [1.807, 2.05) is 24.3 Å². The van der Waals surface area contributed by atoms with Gasteiger partial charge in [0.15, 0.2) is 0 Å². The molecule has 1 heterocycles. The van der Waals surface area contributed by atoms with Gasteiger partial charge in [-0.15, -0.1) is 0 Å². The monoisotopic (exact) mass is 278 g/mol. The average Bonchev–Trinajstić information content (AvgIpc) is 2.49. The van der Waals surface area contributed by atoms with Crippen molar-refractivity contribution in [3.8, 4) is 0 Å². The highest BCUT2D eigenvalue weighted by Crippen LogP contribution is 2.26. The lowest BCUT2D eigenvalue weighted by molar-refractivity contribution is 0.923. The summed E-state index contributed by atoms with van der Waals surface area (Å²) in [6.45, 7) is 2.18. The summed E-state index contributed by atoms with van der Waals surface area (Å²) in [5, 5.41) is 4.40. The number of hydrogen-bond acceptors (Lipinski definition) is 4. The number of anilines is 3. The molecule has 0 radical (unpaired) electrons. The number of nitrogens with two attached hydrogens (primary N) is 1. The Hall–Kier alpha value is -2.62. The Kier molecular flexibility index (Phi) is 3.69. The largest absolute Gasteiger partial charge is 0.399 e. The van der Waals surface area contributed by atoms with E-state index < -0.39 is 0 Å². The molecule has 2 aromatic carbocycles. The molecule has 0 aliphatic carbocycles. The van der Waals surface area contributed by atoms with Gasteiger partial charge in [0.05, 0.1) is 5.52 Å². The number of fused-ring (bicyclic) bond motifs is 1. The Morgan fingerprint density at radius 1 is 1.10 bits per heavy atom. The van der Waals surface area contributed by atoms with E-state index in [4.69, 9.17) is 5.73 Å². The van der Waals surface area contributed by atoms with Crippen LogP contribution >= 0.6 is 0 Å². The van der Waals surface area contributed by atoms with Crippen molar-refractivity contribution in [1.29, 1.82) is 0 Å². The lowest BCUT2D eigenvalue weighted by Gasteiger charge is -2.12. The van der Waals surface area contributed by atoms with Crippen LogP contribution in [0.25, 0.3) is 10.9 Å². The van der Waals surface area contributed by atoms with Crippen LogP contribution in [0.5, 0.6) is 0 Å². The third kappa shape index (κ3) is 2.79. The molecule has 0 saturated heterocycles. The summed E-state index contributed by atoms with van der Waals surface area (Å²) in [5.74, 6) is 0.809. The molecular formula is C17H18N4. The molecular weight excluding hydrogens is 260 g/mol. The highest BCUT2D eigenvalue weighted by molar-refractivity contribution is 5.92. The molecule has 3 aromatic rings. The first-order valence-corrected chi connectivity index (χ1v) is 7.13. The van der Waals surface area contributed by atoms with Crippen LogP contribution in [0.3, 0.4) is 0 Å². The van der Waals surface area contributed by atoms with Gasteiger partial charge in [-0.25, -0.2) is 9.97 Å². The Labute approximate surface area is 124 Å². The summed E-state index contributed by atoms with van der Waals surface area (Å²) in [5.41, 5.74) is 9.75. The van der Waals surface area contributed by atoms with Crippen LogP contribution in [0.15, 0.2) is 48.8 Å². The van der Waals surface area contributed by atoms with Crippen LogP contribution in [-0.2, 0) is 6.42 Å². The van der Waals surface area contributed by atoms with Crippen LogP contribution < -0.4 is 11.1 Å². The summed E-state index contributed by atoms with van der Waals surface area (Å²) in [6, 6.07) is 14.0. The number of hydrogen-bond donors (Lipinski definition) is 2. The molecule has 21 heavy (non-hydrogen) atoms. The summed E-state index contributed by atoms with van der Waals surface area (Å²) < 4.78 is 0. The van der Waals surface area contributed by atoms with Crippen molar-refractivity contribution < 1.29 is 0 Å². The van der Waals surface area contributed by atoms with Gasteiger partial charge >= 0.3 is 0 Å². The number of nitrogen functional groups attached to an aromatic ring is 1. The summed E-state index contributed by atoms with van der Waals surface area (Å²) in [7, 11) is 0. The smallest absolute Gasteiger partial charge is 0.141 e. The SMILES string of the molecule is CCCc1ccccc1Nc1ncnc2cc(N)ccc12. The lowest BCUT2D eigenvalue weighted by Crippen LogP contribution is -1.99. The molecule has 106 valence electrons. The fourth-order valence-corrected chi connectivity index (χ4v) is 2.43. The van der Waals surface area contributed by atoms with Crippen molar-refractivity contribution in [3.63, 3.8) is 0 Å². The van der Waals surface area contributed by atoms with E-state index in [-0.39, 0.29) is 0 Å². The maximum atomic E-state index is 5.81. The third-order valence-corrected chi connectivity index (χ3v) is 3.45. The van der Waals surface area contributed by atoms with Crippen molar-refractivity contribution in [2.24, 2.45) is 0 Å². The van der Waals surface area contributed by atoms with Gasteiger partial charge < -0.3 is 11.1 Å². The molecule has 0 aliphatic heterocycles. The zero-order valence-corrected chi connectivity index (χ0v) is 12.0. The highest BCUT2D eigenvalue weighted by Gasteiger charge is 2.06. The fourth-order valence-electron chi connectivity index (χ4n) is 2.43. The minimum atomic E-state index is 0.707. The average molecular weight is 278 g/mol.